The number of fused-ring (bicyclic) bond motifs is 5. The first-order valence-corrected chi connectivity index (χ1v) is 18.2. The molecule has 266 valence electrons. The zero-order valence-corrected chi connectivity index (χ0v) is 29.5. The van der Waals surface area contributed by atoms with Crippen LogP contribution in [-0.4, -0.2) is 72.7 Å². The topological polar surface area (TPSA) is 81.7 Å². The molecule has 0 aliphatic heterocycles. The Morgan fingerprint density at radius 2 is 1.50 bits per heavy atom. The molecule has 48 heavy (non-hydrogen) atoms. The Hall–Kier alpha value is -2.33. The zero-order chi connectivity index (χ0) is 33.6. The quantitative estimate of drug-likeness (QED) is 0.0925. The molecule has 0 radical (unpaired) electrons. The van der Waals surface area contributed by atoms with Gasteiger partial charge in [-0.1, -0.05) is 49.7 Å². The lowest BCUT2D eigenvalue weighted by molar-refractivity contribution is -0.127. The Balaban J connectivity index is 1.04. The molecule has 5 rings (SSSR count). The lowest BCUT2D eigenvalue weighted by Crippen LogP contribution is -2.49. The van der Waals surface area contributed by atoms with Gasteiger partial charge in [0.1, 0.15) is 12.5 Å². The monoisotopic (exact) mass is 666 g/mol. The Labute approximate surface area is 288 Å². The van der Waals surface area contributed by atoms with Gasteiger partial charge >= 0.3 is 0 Å². The summed E-state index contributed by atoms with van der Waals surface area (Å²) in [7, 11) is 3.30. The van der Waals surface area contributed by atoms with Crippen molar-refractivity contribution in [2.75, 3.05) is 60.8 Å². The molecule has 3 aliphatic rings. The van der Waals surface area contributed by atoms with Crippen LogP contribution < -0.4 is 4.74 Å². The van der Waals surface area contributed by atoms with Gasteiger partial charge in [0.05, 0.1) is 25.9 Å². The minimum Gasteiger partial charge on any atom is -0.468 e. The number of carbonyl (C=O) groups is 1. The summed E-state index contributed by atoms with van der Waals surface area (Å²) in [5.74, 6) is 2.18. The molecule has 0 aromatic heterocycles. The van der Waals surface area contributed by atoms with Crippen molar-refractivity contribution in [3.8, 4) is 5.75 Å². The summed E-state index contributed by atoms with van der Waals surface area (Å²) in [6.45, 7) is 7.05. The van der Waals surface area contributed by atoms with E-state index in [-0.39, 0.29) is 30.0 Å². The van der Waals surface area contributed by atoms with Crippen LogP contribution in [0.3, 0.4) is 0 Å². The number of hydrogen-bond donors (Lipinski definition) is 0. The summed E-state index contributed by atoms with van der Waals surface area (Å²) in [4.78, 5) is 14.3. The molecule has 0 N–H and O–H groups in total. The van der Waals surface area contributed by atoms with Crippen molar-refractivity contribution < 1.29 is 38.0 Å². The molecule has 0 bridgehead atoms. The normalized spacial score (nSPS) is 26.2. The third kappa shape index (κ3) is 9.46. The van der Waals surface area contributed by atoms with Crippen LogP contribution in [0.15, 0.2) is 48.5 Å². The Morgan fingerprint density at radius 3 is 2.27 bits per heavy atom. The van der Waals surface area contributed by atoms with Crippen molar-refractivity contribution >= 4 is 5.78 Å². The third-order valence-corrected chi connectivity index (χ3v) is 11.1. The number of hydrogen-bond acceptors (Lipinski definition) is 8. The fourth-order valence-electron chi connectivity index (χ4n) is 8.72. The van der Waals surface area contributed by atoms with Gasteiger partial charge in [-0.3, -0.25) is 4.79 Å². The number of ketones is 1. The van der Waals surface area contributed by atoms with E-state index in [2.05, 4.69) is 25.1 Å². The summed E-state index contributed by atoms with van der Waals surface area (Å²) in [6.07, 6.45) is 10.5. The van der Waals surface area contributed by atoms with Crippen LogP contribution in [0.5, 0.6) is 5.75 Å². The molecule has 0 amide bonds. The Kier molecular flexibility index (Phi) is 14.7. The lowest BCUT2D eigenvalue weighted by Gasteiger charge is -2.53. The summed E-state index contributed by atoms with van der Waals surface area (Å²) in [5, 5.41) is 0. The summed E-state index contributed by atoms with van der Waals surface area (Å²) < 4.78 is 39.8. The maximum absolute atomic E-state index is 14.3. The molecule has 2 aromatic carbocycles. The van der Waals surface area contributed by atoms with E-state index in [9.17, 15) is 4.79 Å². The first-order chi connectivity index (χ1) is 23.6. The molecule has 5 unspecified atom stereocenters. The maximum Gasteiger partial charge on any atom is 0.188 e. The number of ether oxygens (including phenoxy) is 7. The zero-order valence-electron chi connectivity index (χ0n) is 29.5. The first-order valence-electron chi connectivity index (χ1n) is 18.2. The van der Waals surface area contributed by atoms with Crippen LogP contribution in [-0.2, 0) is 35.0 Å². The first kappa shape index (κ1) is 36.9. The molecule has 0 saturated heterocycles. The highest BCUT2D eigenvalue weighted by Gasteiger charge is 2.58. The third-order valence-electron chi connectivity index (χ3n) is 11.1. The van der Waals surface area contributed by atoms with Gasteiger partial charge in [-0.25, -0.2) is 0 Å². The molecular weight excluding hydrogens is 608 g/mol. The molecule has 6 atom stereocenters. The molecule has 2 aromatic rings. The van der Waals surface area contributed by atoms with Crippen molar-refractivity contribution in [3.05, 3.63) is 65.2 Å². The fraction of sp³-hybridized carbons (Fsp3) is 0.675. The van der Waals surface area contributed by atoms with Crippen molar-refractivity contribution in [2.24, 2.45) is 23.2 Å². The van der Waals surface area contributed by atoms with E-state index in [0.717, 1.165) is 89.6 Å². The van der Waals surface area contributed by atoms with Crippen LogP contribution in [0, 0.1) is 23.2 Å². The molecule has 8 nitrogen and oxygen atoms in total. The van der Waals surface area contributed by atoms with Crippen molar-refractivity contribution in [1.29, 1.82) is 0 Å². The molecule has 3 aliphatic carbocycles. The number of Topliss-reactive ketones (excluding diaryl/α,β-unsaturated/α-hetero) is 1. The van der Waals surface area contributed by atoms with Gasteiger partial charge in [-0.15, -0.1) is 0 Å². The Bertz CT molecular complexity index is 1240. The number of carbonyl (C=O) groups excluding carboxylic acids is 1. The van der Waals surface area contributed by atoms with Gasteiger partial charge in [0, 0.05) is 45.5 Å². The number of rotatable bonds is 22. The van der Waals surface area contributed by atoms with Crippen LogP contribution in [0.25, 0.3) is 0 Å². The van der Waals surface area contributed by atoms with Gasteiger partial charge in [-0.05, 0) is 104 Å². The predicted octanol–water partition coefficient (Wildman–Crippen LogP) is 7.97. The standard InChI is InChI=1S/C40H58O8/c1-40-20-19-33-32-16-15-31(47-28-42-2)26-35(32)39(41)34(38(33)36(40)17-18-37(40)48-29-43-3)14-8-11-23-44-21-9-5-10-22-45-24-25-46-27-30-12-6-4-7-13-30/h4,6-7,12-13,15-16,26,33-34,36-38H,5,8-11,14,17-25,27-29H2,1-3H3/t33?,34-,36?,37?,38?,40?/m0/s1. The van der Waals surface area contributed by atoms with Crippen molar-refractivity contribution in [1.82, 2.24) is 0 Å². The van der Waals surface area contributed by atoms with Gasteiger partial charge in [0.15, 0.2) is 12.6 Å². The van der Waals surface area contributed by atoms with Crippen molar-refractivity contribution in [2.45, 2.75) is 89.8 Å². The predicted molar refractivity (Wildman–Crippen MR) is 185 cm³/mol. The van der Waals surface area contributed by atoms with E-state index < -0.39 is 0 Å². The van der Waals surface area contributed by atoms with Crippen LogP contribution >= 0.6 is 0 Å². The van der Waals surface area contributed by atoms with Crippen LogP contribution in [0.1, 0.15) is 98.5 Å². The highest BCUT2D eigenvalue weighted by atomic mass is 16.7. The maximum atomic E-state index is 14.3. The van der Waals surface area contributed by atoms with E-state index in [1.165, 1.54) is 11.1 Å². The minimum atomic E-state index is 0.00899. The van der Waals surface area contributed by atoms with Gasteiger partial charge in [-0.2, -0.15) is 0 Å². The van der Waals surface area contributed by atoms with E-state index in [1.54, 1.807) is 14.2 Å². The lowest BCUT2D eigenvalue weighted by atomic mass is 9.51. The summed E-state index contributed by atoms with van der Waals surface area (Å²) in [6, 6.07) is 16.3. The minimum absolute atomic E-state index is 0.00899. The van der Waals surface area contributed by atoms with Crippen LogP contribution in [0.2, 0.25) is 0 Å². The second-order valence-corrected chi connectivity index (χ2v) is 14.1. The molecule has 0 spiro atoms. The molecule has 2 fully saturated rings. The highest BCUT2D eigenvalue weighted by Crippen LogP contribution is 2.63. The number of methoxy groups -OCH3 is 2. The smallest absolute Gasteiger partial charge is 0.188 e. The average molecular weight is 667 g/mol. The van der Waals surface area contributed by atoms with Crippen molar-refractivity contribution in [3.63, 3.8) is 0 Å². The molecule has 8 heteroatoms. The van der Waals surface area contributed by atoms with E-state index >= 15 is 0 Å². The largest absolute Gasteiger partial charge is 0.468 e. The molecular formula is C40H58O8. The van der Waals surface area contributed by atoms with E-state index in [1.807, 2.05) is 30.3 Å². The van der Waals surface area contributed by atoms with Gasteiger partial charge in [0.25, 0.3) is 0 Å². The second-order valence-electron chi connectivity index (χ2n) is 14.1. The highest BCUT2D eigenvalue weighted by molar-refractivity contribution is 6.01. The summed E-state index contributed by atoms with van der Waals surface area (Å²) >= 11 is 0. The number of unbranched alkanes of at least 4 members (excludes halogenated alkanes) is 3. The summed E-state index contributed by atoms with van der Waals surface area (Å²) in [5.41, 5.74) is 3.32. The average Bonchev–Trinajstić information content (AvgIpc) is 3.45. The molecule has 2 saturated carbocycles. The number of benzene rings is 2. The SMILES string of the molecule is COCOc1ccc2c(c1)C(=O)[C@@H](CCCCOCCCCCOCCOCc1ccccc1)C1C2CCC2(C)C(OCOC)CCC12. The van der Waals surface area contributed by atoms with Crippen LogP contribution in [0.4, 0.5) is 0 Å². The second kappa shape index (κ2) is 19.2. The van der Waals surface area contributed by atoms with Gasteiger partial charge in [0.2, 0.25) is 0 Å². The Morgan fingerprint density at radius 1 is 0.771 bits per heavy atom. The fourth-order valence-corrected chi connectivity index (χ4v) is 8.72. The van der Waals surface area contributed by atoms with E-state index in [0.29, 0.717) is 50.1 Å². The molecule has 0 heterocycles. The van der Waals surface area contributed by atoms with E-state index in [4.69, 9.17) is 33.2 Å². The van der Waals surface area contributed by atoms with Gasteiger partial charge < -0.3 is 33.2 Å².